The van der Waals surface area contributed by atoms with Gasteiger partial charge in [-0.3, -0.25) is 4.79 Å². The molecule has 2 aromatic carbocycles. The summed E-state index contributed by atoms with van der Waals surface area (Å²) < 4.78 is 27.8. The first-order valence-corrected chi connectivity index (χ1v) is 11.8. The number of piperidine rings is 1. The van der Waals surface area contributed by atoms with Crippen molar-refractivity contribution in [3.8, 4) is 0 Å². The Morgan fingerprint density at radius 1 is 1.00 bits per heavy atom. The van der Waals surface area contributed by atoms with E-state index in [9.17, 15) is 13.2 Å². The van der Waals surface area contributed by atoms with Crippen LogP contribution in [0.25, 0.3) is 0 Å². The molecule has 4 rings (SSSR count). The van der Waals surface area contributed by atoms with E-state index in [0.29, 0.717) is 43.3 Å². The van der Waals surface area contributed by atoms with E-state index in [1.165, 1.54) is 4.31 Å². The molecule has 1 saturated heterocycles. The highest BCUT2D eigenvalue weighted by Gasteiger charge is 2.52. The van der Waals surface area contributed by atoms with E-state index >= 15 is 0 Å². The van der Waals surface area contributed by atoms with Gasteiger partial charge in [-0.2, -0.15) is 4.31 Å². The minimum atomic E-state index is -3.56. The number of likely N-dealkylation sites (N-methyl/N-ethyl adjacent to an activating group) is 1. The van der Waals surface area contributed by atoms with Crippen molar-refractivity contribution in [3.05, 3.63) is 59.7 Å². The van der Waals surface area contributed by atoms with Gasteiger partial charge in [0.1, 0.15) is 0 Å². The van der Waals surface area contributed by atoms with Crippen LogP contribution in [0.4, 0.5) is 5.69 Å². The molecular formula is C23H28N2O3S. The highest BCUT2D eigenvalue weighted by Crippen LogP contribution is 2.48. The Hall–Kier alpha value is -2.18. The second-order valence-corrected chi connectivity index (χ2v) is 10.2. The zero-order valence-corrected chi connectivity index (χ0v) is 18.1. The number of nitrogens with zero attached hydrogens (tertiary/aromatic N) is 2. The van der Waals surface area contributed by atoms with Gasteiger partial charge in [-0.15, -0.1) is 0 Å². The molecule has 0 saturated carbocycles. The SMILES string of the molecule is CCN1C(=O)C2(CCN(S(=O)(=O)c3ccc(C(C)C)cc3)CC2)c2ccccc21. The second kappa shape index (κ2) is 7.26. The van der Waals surface area contributed by atoms with E-state index in [1.54, 1.807) is 12.1 Å². The average molecular weight is 413 g/mol. The van der Waals surface area contributed by atoms with Crippen LogP contribution in [0.3, 0.4) is 0 Å². The van der Waals surface area contributed by atoms with Crippen molar-refractivity contribution < 1.29 is 13.2 Å². The quantitative estimate of drug-likeness (QED) is 0.765. The van der Waals surface area contributed by atoms with Crippen LogP contribution < -0.4 is 4.90 Å². The third-order valence-corrected chi connectivity index (χ3v) is 8.35. The van der Waals surface area contributed by atoms with E-state index in [-0.39, 0.29) is 5.91 Å². The largest absolute Gasteiger partial charge is 0.312 e. The first kappa shape index (κ1) is 20.1. The minimum absolute atomic E-state index is 0.111. The molecule has 6 heteroatoms. The van der Waals surface area contributed by atoms with Gasteiger partial charge in [0.15, 0.2) is 0 Å². The molecule has 2 aliphatic rings. The average Bonchev–Trinajstić information content (AvgIpc) is 2.96. The smallest absolute Gasteiger partial charge is 0.243 e. The number of sulfonamides is 1. The molecule has 0 N–H and O–H groups in total. The number of benzene rings is 2. The monoisotopic (exact) mass is 412 g/mol. The zero-order valence-electron chi connectivity index (χ0n) is 17.3. The lowest BCUT2D eigenvalue weighted by Gasteiger charge is -2.37. The molecule has 1 spiro atoms. The number of hydrogen-bond acceptors (Lipinski definition) is 3. The highest BCUT2D eigenvalue weighted by atomic mass is 32.2. The summed E-state index contributed by atoms with van der Waals surface area (Å²) in [6, 6.07) is 15.1. The molecule has 0 atom stereocenters. The molecule has 2 aromatic rings. The van der Waals surface area contributed by atoms with Crippen molar-refractivity contribution in [2.24, 2.45) is 0 Å². The number of rotatable bonds is 4. The Bertz CT molecular complexity index is 1020. The molecular weight excluding hydrogens is 384 g/mol. The minimum Gasteiger partial charge on any atom is -0.312 e. The summed E-state index contributed by atoms with van der Waals surface area (Å²) in [7, 11) is -3.56. The fourth-order valence-corrected chi connectivity index (χ4v) is 6.12. The number of para-hydroxylation sites is 1. The normalized spacial score (nSPS) is 19.2. The Kier molecular flexibility index (Phi) is 5.03. The number of carbonyl (C=O) groups excluding carboxylic acids is 1. The molecule has 5 nitrogen and oxygen atoms in total. The molecule has 29 heavy (non-hydrogen) atoms. The van der Waals surface area contributed by atoms with Gasteiger partial charge in [0.05, 0.1) is 10.3 Å². The third-order valence-electron chi connectivity index (χ3n) is 6.44. The maximum atomic E-state index is 13.3. The number of hydrogen-bond donors (Lipinski definition) is 0. The lowest BCUT2D eigenvalue weighted by atomic mass is 9.74. The molecule has 2 heterocycles. The lowest BCUT2D eigenvalue weighted by Crippen LogP contribution is -2.50. The van der Waals surface area contributed by atoms with Gasteiger partial charge in [-0.25, -0.2) is 8.42 Å². The van der Waals surface area contributed by atoms with Crippen molar-refractivity contribution in [1.82, 2.24) is 4.31 Å². The second-order valence-electron chi connectivity index (χ2n) is 8.28. The topological polar surface area (TPSA) is 57.7 Å². The van der Waals surface area contributed by atoms with Gasteiger partial charge in [-0.1, -0.05) is 44.2 Å². The lowest BCUT2D eigenvalue weighted by molar-refractivity contribution is -0.124. The molecule has 2 aliphatic heterocycles. The Morgan fingerprint density at radius 3 is 2.21 bits per heavy atom. The van der Waals surface area contributed by atoms with Crippen LogP contribution in [0.15, 0.2) is 53.4 Å². The van der Waals surface area contributed by atoms with Crippen LogP contribution in [0.2, 0.25) is 0 Å². The van der Waals surface area contributed by atoms with Crippen molar-refractivity contribution >= 4 is 21.6 Å². The van der Waals surface area contributed by atoms with Gasteiger partial charge >= 0.3 is 0 Å². The number of amides is 1. The van der Waals surface area contributed by atoms with E-state index < -0.39 is 15.4 Å². The summed E-state index contributed by atoms with van der Waals surface area (Å²) in [5.41, 5.74) is 2.54. The van der Waals surface area contributed by atoms with Gasteiger partial charge in [0.2, 0.25) is 15.9 Å². The van der Waals surface area contributed by atoms with Crippen LogP contribution in [-0.4, -0.2) is 38.3 Å². The van der Waals surface area contributed by atoms with Gasteiger partial charge in [-0.05, 0) is 55.0 Å². The predicted molar refractivity (Wildman–Crippen MR) is 115 cm³/mol. The number of carbonyl (C=O) groups is 1. The number of anilines is 1. The summed E-state index contributed by atoms with van der Waals surface area (Å²) in [6.45, 7) is 7.49. The van der Waals surface area contributed by atoms with Crippen molar-refractivity contribution in [2.75, 3.05) is 24.5 Å². The predicted octanol–water partition coefficient (Wildman–Crippen LogP) is 3.90. The summed E-state index contributed by atoms with van der Waals surface area (Å²) in [5.74, 6) is 0.469. The molecule has 1 amide bonds. The maximum absolute atomic E-state index is 13.3. The molecule has 0 radical (unpaired) electrons. The zero-order chi connectivity index (χ0) is 20.8. The summed E-state index contributed by atoms with van der Waals surface area (Å²) >= 11 is 0. The third kappa shape index (κ3) is 3.09. The van der Waals surface area contributed by atoms with Gasteiger partial charge in [0.25, 0.3) is 0 Å². The van der Waals surface area contributed by atoms with Crippen LogP contribution in [-0.2, 0) is 20.2 Å². The van der Waals surface area contributed by atoms with Crippen molar-refractivity contribution in [3.63, 3.8) is 0 Å². The standard InChI is InChI=1S/C23H28N2O3S/c1-4-25-21-8-6-5-7-20(21)23(22(25)26)13-15-24(16-14-23)29(27,28)19-11-9-18(10-12-19)17(2)3/h5-12,17H,4,13-16H2,1-3H3. The van der Waals surface area contributed by atoms with Crippen molar-refractivity contribution in [2.45, 2.75) is 49.8 Å². The van der Waals surface area contributed by atoms with E-state index in [1.807, 2.05) is 48.2 Å². The molecule has 0 aromatic heterocycles. The van der Waals surface area contributed by atoms with Gasteiger partial charge < -0.3 is 4.90 Å². The molecule has 154 valence electrons. The van der Waals surface area contributed by atoms with Crippen LogP contribution >= 0.6 is 0 Å². The fraction of sp³-hybridized carbons (Fsp3) is 0.435. The van der Waals surface area contributed by atoms with E-state index in [0.717, 1.165) is 16.8 Å². The molecule has 0 bridgehead atoms. The van der Waals surface area contributed by atoms with Crippen LogP contribution in [0, 0.1) is 0 Å². The maximum Gasteiger partial charge on any atom is 0.243 e. The molecule has 1 fully saturated rings. The first-order chi connectivity index (χ1) is 13.8. The van der Waals surface area contributed by atoms with Crippen molar-refractivity contribution in [1.29, 1.82) is 0 Å². The molecule has 0 aliphatic carbocycles. The van der Waals surface area contributed by atoms with Gasteiger partial charge in [0, 0.05) is 25.3 Å². The molecule has 0 unspecified atom stereocenters. The Labute approximate surface area is 173 Å². The fourth-order valence-electron chi connectivity index (χ4n) is 4.68. The highest BCUT2D eigenvalue weighted by molar-refractivity contribution is 7.89. The first-order valence-electron chi connectivity index (χ1n) is 10.3. The number of fused-ring (bicyclic) bond motifs is 2. The van der Waals surface area contributed by atoms with E-state index in [2.05, 4.69) is 13.8 Å². The van der Waals surface area contributed by atoms with Crippen LogP contribution in [0.5, 0.6) is 0 Å². The Morgan fingerprint density at radius 2 is 1.62 bits per heavy atom. The van der Waals surface area contributed by atoms with E-state index in [4.69, 9.17) is 0 Å². The van der Waals surface area contributed by atoms with Crippen LogP contribution in [0.1, 0.15) is 50.7 Å². The summed E-state index contributed by atoms with van der Waals surface area (Å²) in [6.07, 6.45) is 1.03. The summed E-state index contributed by atoms with van der Waals surface area (Å²) in [5, 5.41) is 0. The Balaban J connectivity index is 1.59. The summed E-state index contributed by atoms with van der Waals surface area (Å²) in [4.78, 5) is 15.4.